The molecule has 92 valence electrons. The molecule has 3 atom stereocenters. The number of nitrogens with two attached hydrogens (primary N) is 1. The molecule has 2 aliphatic rings. The van der Waals surface area contributed by atoms with Gasteiger partial charge in [-0.3, -0.25) is 4.79 Å². The van der Waals surface area contributed by atoms with E-state index in [0.29, 0.717) is 30.8 Å². The third-order valence-corrected chi connectivity index (χ3v) is 4.24. The van der Waals surface area contributed by atoms with Crippen LogP contribution < -0.4 is 5.73 Å². The lowest BCUT2D eigenvalue weighted by atomic mass is 10.0. The molecule has 0 bridgehead atoms. The van der Waals surface area contributed by atoms with Gasteiger partial charge in [0.2, 0.25) is 5.91 Å². The summed E-state index contributed by atoms with van der Waals surface area (Å²) in [7, 11) is 0. The Morgan fingerprint density at radius 3 is 2.81 bits per heavy atom. The van der Waals surface area contributed by atoms with Gasteiger partial charge < -0.3 is 10.6 Å². The average molecular weight is 224 g/mol. The van der Waals surface area contributed by atoms with Crippen LogP contribution in [0.15, 0.2) is 0 Å². The molecule has 0 aromatic carbocycles. The molecule has 3 unspecified atom stereocenters. The molecule has 0 spiro atoms. The van der Waals surface area contributed by atoms with Crippen LogP contribution in [0.2, 0.25) is 0 Å². The van der Waals surface area contributed by atoms with E-state index in [1.807, 2.05) is 0 Å². The van der Waals surface area contributed by atoms with Crippen LogP contribution in [0.5, 0.6) is 0 Å². The number of carbonyl (C=O) groups excluding carboxylic acids is 1. The first-order valence-electron chi connectivity index (χ1n) is 6.70. The SMILES string of the molecule is CC1CCCC(N2CC(CN)CC2=O)CC1. The first-order chi connectivity index (χ1) is 7.70. The molecule has 2 fully saturated rings. The molecule has 0 aromatic heterocycles. The normalized spacial score (nSPS) is 36.5. The van der Waals surface area contributed by atoms with E-state index >= 15 is 0 Å². The molecule has 2 N–H and O–H groups in total. The third kappa shape index (κ3) is 2.57. The van der Waals surface area contributed by atoms with E-state index < -0.39 is 0 Å². The van der Waals surface area contributed by atoms with Crippen molar-refractivity contribution in [3.05, 3.63) is 0 Å². The first kappa shape index (κ1) is 11.9. The fourth-order valence-corrected chi connectivity index (χ4v) is 3.10. The van der Waals surface area contributed by atoms with Gasteiger partial charge in [0.25, 0.3) is 0 Å². The van der Waals surface area contributed by atoms with Gasteiger partial charge in [-0.2, -0.15) is 0 Å². The van der Waals surface area contributed by atoms with Crippen LogP contribution in [-0.2, 0) is 4.79 Å². The number of rotatable bonds is 2. The second-order valence-corrected chi connectivity index (χ2v) is 5.62. The smallest absolute Gasteiger partial charge is 0.223 e. The van der Waals surface area contributed by atoms with E-state index in [-0.39, 0.29) is 0 Å². The van der Waals surface area contributed by atoms with Gasteiger partial charge in [0.05, 0.1) is 0 Å². The van der Waals surface area contributed by atoms with E-state index in [2.05, 4.69) is 11.8 Å². The molecule has 2 rings (SSSR count). The topological polar surface area (TPSA) is 46.3 Å². The molecule has 1 aliphatic heterocycles. The van der Waals surface area contributed by atoms with Crippen molar-refractivity contribution >= 4 is 5.91 Å². The molecule has 1 aliphatic carbocycles. The fraction of sp³-hybridized carbons (Fsp3) is 0.923. The number of likely N-dealkylation sites (tertiary alicyclic amines) is 1. The van der Waals surface area contributed by atoms with Crippen molar-refractivity contribution < 1.29 is 4.79 Å². The molecular formula is C13H24N2O. The summed E-state index contributed by atoms with van der Waals surface area (Å²) in [6.07, 6.45) is 6.98. The first-order valence-corrected chi connectivity index (χ1v) is 6.70. The van der Waals surface area contributed by atoms with E-state index in [9.17, 15) is 4.79 Å². The number of hydrogen-bond donors (Lipinski definition) is 1. The highest BCUT2D eigenvalue weighted by atomic mass is 16.2. The Bertz CT molecular complexity index is 254. The minimum atomic E-state index is 0.343. The molecule has 1 saturated heterocycles. The molecule has 16 heavy (non-hydrogen) atoms. The molecular weight excluding hydrogens is 200 g/mol. The van der Waals surface area contributed by atoms with Gasteiger partial charge in [0.1, 0.15) is 0 Å². The Hall–Kier alpha value is -0.570. The Kier molecular flexibility index (Phi) is 3.85. The van der Waals surface area contributed by atoms with Crippen LogP contribution in [0.4, 0.5) is 0 Å². The largest absolute Gasteiger partial charge is 0.339 e. The highest BCUT2D eigenvalue weighted by Gasteiger charge is 2.33. The highest BCUT2D eigenvalue weighted by molar-refractivity contribution is 5.79. The number of amides is 1. The summed E-state index contributed by atoms with van der Waals surface area (Å²) in [5.41, 5.74) is 5.66. The van der Waals surface area contributed by atoms with E-state index in [1.165, 1.54) is 32.1 Å². The van der Waals surface area contributed by atoms with Gasteiger partial charge in [-0.1, -0.05) is 19.8 Å². The predicted molar refractivity (Wildman–Crippen MR) is 64.9 cm³/mol. The van der Waals surface area contributed by atoms with Gasteiger partial charge in [0, 0.05) is 19.0 Å². The number of carbonyl (C=O) groups is 1. The van der Waals surface area contributed by atoms with Crippen LogP contribution in [0, 0.1) is 11.8 Å². The zero-order valence-corrected chi connectivity index (χ0v) is 10.3. The van der Waals surface area contributed by atoms with Gasteiger partial charge in [-0.25, -0.2) is 0 Å². The molecule has 1 heterocycles. The zero-order valence-electron chi connectivity index (χ0n) is 10.3. The molecule has 3 heteroatoms. The summed E-state index contributed by atoms with van der Waals surface area (Å²) in [5.74, 6) is 1.59. The summed E-state index contributed by atoms with van der Waals surface area (Å²) >= 11 is 0. The quantitative estimate of drug-likeness (QED) is 0.727. The Balaban J connectivity index is 1.94. The molecule has 0 aromatic rings. The van der Waals surface area contributed by atoms with E-state index in [1.54, 1.807) is 0 Å². The maximum Gasteiger partial charge on any atom is 0.223 e. The Morgan fingerprint density at radius 2 is 2.12 bits per heavy atom. The Labute approximate surface area is 98.4 Å². The lowest BCUT2D eigenvalue weighted by Gasteiger charge is -2.27. The minimum absolute atomic E-state index is 0.343. The van der Waals surface area contributed by atoms with Crippen LogP contribution in [0.3, 0.4) is 0 Å². The van der Waals surface area contributed by atoms with Crippen LogP contribution in [0.25, 0.3) is 0 Å². The molecule has 0 radical (unpaired) electrons. The average Bonchev–Trinajstić information content (AvgIpc) is 2.51. The van der Waals surface area contributed by atoms with Gasteiger partial charge in [-0.05, 0) is 37.6 Å². The summed E-state index contributed by atoms with van der Waals surface area (Å²) in [6, 6.07) is 0.508. The monoisotopic (exact) mass is 224 g/mol. The van der Waals surface area contributed by atoms with Crippen molar-refractivity contribution in [3.63, 3.8) is 0 Å². The van der Waals surface area contributed by atoms with Gasteiger partial charge in [0.15, 0.2) is 0 Å². The lowest BCUT2D eigenvalue weighted by Crippen LogP contribution is -2.36. The van der Waals surface area contributed by atoms with Gasteiger partial charge >= 0.3 is 0 Å². The summed E-state index contributed by atoms with van der Waals surface area (Å²) < 4.78 is 0. The minimum Gasteiger partial charge on any atom is -0.339 e. The lowest BCUT2D eigenvalue weighted by molar-refractivity contribution is -0.129. The van der Waals surface area contributed by atoms with Crippen LogP contribution in [0.1, 0.15) is 45.4 Å². The van der Waals surface area contributed by atoms with Crippen molar-refractivity contribution in [2.24, 2.45) is 17.6 Å². The van der Waals surface area contributed by atoms with Crippen molar-refractivity contribution in [2.75, 3.05) is 13.1 Å². The van der Waals surface area contributed by atoms with Crippen LogP contribution >= 0.6 is 0 Å². The summed E-state index contributed by atoms with van der Waals surface area (Å²) in [5, 5.41) is 0. The maximum atomic E-state index is 11.9. The fourth-order valence-electron chi connectivity index (χ4n) is 3.10. The molecule has 1 saturated carbocycles. The molecule has 1 amide bonds. The van der Waals surface area contributed by atoms with Crippen molar-refractivity contribution in [3.8, 4) is 0 Å². The maximum absolute atomic E-state index is 11.9. The predicted octanol–water partition coefficient (Wildman–Crippen LogP) is 1.76. The van der Waals surface area contributed by atoms with Gasteiger partial charge in [-0.15, -0.1) is 0 Å². The second kappa shape index (κ2) is 5.17. The van der Waals surface area contributed by atoms with Crippen LogP contribution in [-0.4, -0.2) is 29.9 Å². The van der Waals surface area contributed by atoms with Crippen molar-refractivity contribution in [1.82, 2.24) is 4.90 Å². The van der Waals surface area contributed by atoms with E-state index in [0.717, 1.165) is 12.5 Å². The number of nitrogens with zero attached hydrogens (tertiary/aromatic N) is 1. The van der Waals surface area contributed by atoms with Crippen molar-refractivity contribution in [2.45, 2.75) is 51.5 Å². The second-order valence-electron chi connectivity index (χ2n) is 5.62. The number of hydrogen-bond acceptors (Lipinski definition) is 2. The van der Waals surface area contributed by atoms with Crippen molar-refractivity contribution in [1.29, 1.82) is 0 Å². The zero-order chi connectivity index (χ0) is 11.5. The summed E-state index contributed by atoms with van der Waals surface area (Å²) in [4.78, 5) is 14.0. The third-order valence-electron chi connectivity index (χ3n) is 4.24. The van der Waals surface area contributed by atoms with E-state index in [4.69, 9.17) is 5.73 Å². The Morgan fingerprint density at radius 1 is 1.31 bits per heavy atom. The molecule has 3 nitrogen and oxygen atoms in total. The highest BCUT2D eigenvalue weighted by Crippen LogP contribution is 2.29. The summed E-state index contributed by atoms with van der Waals surface area (Å²) in [6.45, 7) is 3.90. The standard InChI is InChI=1S/C13H24N2O/c1-10-3-2-4-12(6-5-10)15-9-11(8-14)7-13(15)16/h10-12H,2-9,14H2,1H3.